The van der Waals surface area contributed by atoms with E-state index >= 15 is 0 Å². The molecule has 0 unspecified atom stereocenters. The molecular formula is C21H23F5N4O3. The third-order valence-corrected chi connectivity index (χ3v) is 5.53. The zero-order chi connectivity index (χ0) is 24.2. The van der Waals surface area contributed by atoms with Gasteiger partial charge in [0.1, 0.15) is 11.6 Å². The molecule has 1 aliphatic heterocycles. The molecule has 7 nitrogen and oxygen atoms in total. The Balaban J connectivity index is 1.67. The molecule has 12 heteroatoms. The van der Waals surface area contributed by atoms with Gasteiger partial charge in [-0.05, 0) is 25.3 Å². The molecule has 2 atom stereocenters. The lowest BCUT2D eigenvalue weighted by Gasteiger charge is -2.41. The third kappa shape index (κ3) is 6.69. The number of rotatable bonds is 7. The summed E-state index contributed by atoms with van der Waals surface area (Å²) in [7, 11) is 0. The largest absolute Gasteiger partial charge is 0.573 e. The summed E-state index contributed by atoms with van der Waals surface area (Å²) in [5.41, 5.74) is -0.0353. The average Bonchev–Trinajstić information content (AvgIpc) is 3.57. The summed E-state index contributed by atoms with van der Waals surface area (Å²) in [4.78, 5) is 28.0. The molecule has 1 saturated heterocycles. The topological polar surface area (TPSA) is 85.7 Å². The molecule has 3 rings (SSSR count). The summed E-state index contributed by atoms with van der Waals surface area (Å²) in [6.07, 6.45) is -3.44. The molecule has 0 aromatic heterocycles. The Bertz CT molecular complexity index is 916. The van der Waals surface area contributed by atoms with Crippen molar-refractivity contribution in [2.45, 2.75) is 50.7 Å². The maximum Gasteiger partial charge on any atom is 0.573 e. The van der Waals surface area contributed by atoms with Crippen LogP contribution >= 0.6 is 0 Å². The van der Waals surface area contributed by atoms with E-state index in [4.69, 9.17) is 0 Å². The van der Waals surface area contributed by atoms with Crippen molar-refractivity contribution in [2.75, 3.05) is 19.8 Å². The Hall–Kier alpha value is -3.10. The van der Waals surface area contributed by atoms with Gasteiger partial charge in [0.15, 0.2) is 0 Å². The number of carbonyl (C=O) groups is 2. The zero-order valence-corrected chi connectivity index (χ0v) is 17.6. The molecule has 1 heterocycles. The highest BCUT2D eigenvalue weighted by atomic mass is 19.4. The molecule has 33 heavy (non-hydrogen) atoms. The van der Waals surface area contributed by atoms with Gasteiger partial charge in [0, 0.05) is 37.3 Å². The molecule has 180 valence electrons. The molecule has 2 fully saturated rings. The third-order valence-electron chi connectivity index (χ3n) is 5.53. The highest BCUT2D eigenvalue weighted by Gasteiger charge is 2.42. The van der Waals surface area contributed by atoms with Gasteiger partial charge in [0.2, 0.25) is 5.91 Å². The Morgan fingerprint density at radius 2 is 1.97 bits per heavy atom. The summed E-state index contributed by atoms with van der Waals surface area (Å²) in [5.74, 6) is -2.63. The van der Waals surface area contributed by atoms with Gasteiger partial charge in [0.05, 0.1) is 31.1 Å². The van der Waals surface area contributed by atoms with Crippen molar-refractivity contribution in [3.8, 4) is 11.8 Å². The number of nitrogens with zero attached hydrogens (tertiary/aromatic N) is 3. The summed E-state index contributed by atoms with van der Waals surface area (Å²) in [6.45, 7) is -0.760. The van der Waals surface area contributed by atoms with Crippen molar-refractivity contribution in [2.24, 2.45) is 5.92 Å². The van der Waals surface area contributed by atoms with Crippen molar-refractivity contribution in [3.63, 3.8) is 0 Å². The SMILES string of the molecule is N#C[C@H]1C[C@@H](N(C(=O)NCc2ccc(OC(F)(F)F)cc2F)C2CC2)CN(C(=O)CCF)C1. The number of alkyl halides is 4. The minimum absolute atomic E-state index is 0.0353. The van der Waals surface area contributed by atoms with Gasteiger partial charge in [0.25, 0.3) is 0 Å². The summed E-state index contributed by atoms with van der Waals surface area (Å²) in [6, 6.07) is 3.63. The van der Waals surface area contributed by atoms with Crippen molar-refractivity contribution in [1.29, 1.82) is 5.26 Å². The molecule has 3 amide bonds. The first-order chi connectivity index (χ1) is 15.6. The quantitative estimate of drug-likeness (QED) is 0.613. The standard InChI is InChI=1S/C21H23F5N4O3/c22-6-5-19(31)29-11-13(9-27)7-16(12-29)30(15-2-3-15)20(32)28-10-14-1-4-17(8-18(14)23)33-21(24,25)26/h1,4,8,13,15-16H,2-3,5-7,10-12H2,(H,28,32)/t13-,16-/m1/s1. The minimum Gasteiger partial charge on any atom is -0.406 e. The number of likely N-dealkylation sites (tertiary alicyclic amines) is 1. The molecule has 0 radical (unpaired) electrons. The van der Waals surface area contributed by atoms with Gasteiger partial charge in [-0.1, -0.05) is 6.07 Å². The van der Waals surface area contributed by atoms with Crippen LogP contribution in [-0.2, 0) is 11.3 Å². The second-order valence-corrected chi connectivity index (χ2v) is 8.05. The average molecular weight is 474 g/mol. The minimum atomic E-state index is -4.95. The van der Waals surface area contributed by atoms with Crippen LogP contribution in [0.25, 0.3) is 0 Å². The maximum absolute atomic E-state index is 14.2. The molecule has 1 aliphatic carbocycles. The predicted octanol–water partition coefficient (Wildman–Crippen LogP) is 3.50. The van der Waals surface area contributed by atoms with Crippen molar-refractivity contribution in [1.82, 2.24) is 15.1 Å². The van der Waals surface area contributed by atoms with Crippen LogP contribution in [0.2, 0.25) is 0 Å². The summed E-state index contributed by atoms with van der Waals surface area (Å²) >= 11 is 0. The van der Waals surface area contributed by atoms with E-state index in [-0.39, 0.29) is 37.7 Å². The normalized spacial score (nSPS) is 20.7. The number of nitrogens with one attached hydrogen (secondary N) is 1. The molecule has 0 spiro atoms. The fourth-order valence-corrected chi connectivity index (χ4v) is 3.92. The molecule has 2 aliphatic rings. The number of ether oxygens (including phenoxy) is 1. The van der Waals surface area contributed by atoms with Crippen LogP contribution < -0.4 is 10.1 Å². The zero-order valence-electron chi connectivity index (χ0n) is 17.6. The lowest BCUT2D eigenvalue weighted by molar-refractivity contribution is -0.274. The first kappa shape index (κ1) is 24.5. The first-order valence-corrected chi connectivity index (χ1v) is 10.4. The maximum atomic E-state index is 14.2. The van der Waals surface area contributed by atoms with E-state index in [1.54, 1.807) is 0 Å². The van der Waals surface area contributed by atoms with Crippen molar-refractivity contribution >= 4 is 11.9 Å². The number of hydrogen-bond acceptors (Lipinski definition) is 4. The number of halogens is 5. The predicted molar refractivity (Wildman–Crippen MR) is 105 cm³/mol. The summed E-state index contributed by atoms with van der Waals surface area (Å²) < 4.78 is 67.3. The molecule has 1 aromatic carbocycles. The highest BCUT2D eigenvalue weighted by molar-refractivity contribution is 5.77. The van der Waals surface area contributed by atoms with Crippen LogP contribution in [0.4, 0.5) is 26.7 Å². The van der Waals surface area contributed by atoms with Gasteiger partial charge >= 0.3 is 12.4 Å². The van der Waals surface area contributed by atoms with Crippen molar-refractivity contribution < 1.29 is 36.3 Å². The Kier molecular flexibility index (Phi) is 7.61. The van der Waals surface area contributed by atoms with Crippen LogP contribution in [0.5, 0.6) is 5.75 Å². The van der Waals surface area contributed by atoms with E-state index < -0.39 is 48.5 Å². The van der Waals surface area contributed by atoms with E-state index in [2.05, 4.69) is 16.1 Å². The van der Waals surface area contributed by atoms with E-state index in [1.807, 2.05) is 0 Å². The lowest BCUT2D eigenvalue weighted by Crippen LogP contribution is -2.56. The van der Waals surface area contributed by atoms with Crippen molar-refractivity contribution in [3.05, 3.63) is 29.6 Å². The number of carbonyl (C=O) groups excluding carboxylic acids is 2. The number of piperidine rings is 1. The fourth-order valence-electron chi connectivity index (χ4n) is 3.92. The van der Waals surface area contributed by atoms with Crippen LogP contribution in [0.1, 0.15) is 31.2 Å². The summed E-state index contributed by atoms with van der Waals surface area (Å²) in [5, 5.41) is 12.0. The second kappa shape index (κ2) is 10.2. The van der Waals surface area contributed by atoms with E-state index in [0.29, 0.717) is 12.5 Å². The number of amides is 3. The monoisotopic (exact) mass is 474 g/mol. The van der Waals surface area contributed by atoms with Crippen LogP contribution in [0.15, 0.2) is 18.2 Å². The number of benzene rings is 1. The van der Waals surface area contributed by atoms with E-state index in [0.717, 1.165) is 25.0 Å². The van der Waals surface area contributed by atoms with E-state index in [1.165, 1.54) is 9.80 Å². The molecule has 1 aromatic rings. The second-order valence-electron chi connectivity index (χ2n) is 8.05. The van der Waals surface area contributed by atoms with Gasteiger partial charge < -0.3 is 19.9 Å². The smallest absolute Gasteiger partial charge is 0.406 e. The van der Waals surface area contributed by atoms with Gasteiger partial charge in [-0.15, -0.1) is 13.2 Å². The lowest BCUT2D eigenvalue weighted by atomic mass is 9.94. The van der Waals surface area contributed by atoms with Crippen LogP contribution in [0, 0.1) is 23.1 Å². The van der Waals surface area contributed by atoms with Crippen LogP contribution in [-0.4, -0.2) is 59.9 Å². The first-order valence-electron chi connectivity index (χ1n) is 10.4. The number of nitriles is 1. The van der Waals surface area contributed by atoms with Gasteiger partial charge in [-0.2, -0.15) is 5.26 Å². The molecule has 1 N–H and O–H groups in total. The van der Waals surface area contributed by atoms with Crippen LogP contribution in [0.3, 0.4) is 0 Å². The van der Waals surface area contributed by atoms with Gasteiger partial charge in [-0.25, -0.2) is 9.18 Å². The molecule has 1 saturated carbocycles. The molecular weight excluding hydrogens is 451 g/mol. The van der Waals surface area contributed by atoms with Gasteiger partial charge in [-0.3, -0.25) is 9.18 Å². The Labute approximate surface area is 187 Å². The Morgan fingerprint density at radius 3 is 2.55 bits per heavy atom. The fraction of sp³-hybridized carbons (Fsp3) is 0.571. The molecule has 0 bridgehead atoms. The van der Waals surface area contributed by atoms with E-state index in [9.17, 15) is 36.8 Å². The Morgan fingerprint density at radius 1 is 1.24 bits per heavy atom. The number of urea groups is 1. The highest BCUT2D eigenvalue weighted by Crippen LogP contribution is 2.33. The number of hydrogen-bond donors (Lipinski definition) is 1.